The Bertz CT molecular complexity index is 180. The smallest absolute Gasteiger partial charge is 0.239 e. The van der Waals surface area contributed by atoms with Gasteiger partial charge in [-0.2, -0.15) is 0 Å². The molecular weight excluding hydrogens is 164 g/mol. The van der Waals surface area contributed by atoms with Crippen molar-refractivity contribution in [2.24, 2.45) is 5.73 Å². The predicted octanol–water partition coefficient (Wildman–Crippen LogP) is 1.12. The highest BCUT2D eigenvalue weighted by Crippen LogP contribution is 2.19. The number of likely N-dealkylation sites (tertiary alicyclic amines) is 1. The van der Waals surface area contributed by atoms with E-state index in [0.717, 1.165) is 25.8 Å². The topological polar surface area (TPSA) is 46.3 Å². The summed E-state index contributed by atoms with van der Waals surface area (Å²) in [7, 11) is 0. The van der Waals surface area contributed by atoms with E-state index in [1.807, 2.05) is 4.90 Å². The molecule has 0 bridgehead atoms. The molecule has 0 unspecified atom stereocenters. The molecule has 1 amide bonds. The number of carbonyl (C=O) groups is 1. The van der Waals surface area contributed by atoms with Gasteiger partial charge in [-0.3, -0.25) is 4.79 Å². The van der Waals surface area contributed by atoms with Gasteiger partial charge in [0.1, 0.15) is 0 Å². The number of nitrogens with zero attached hydrogens (tertiary/aromatic N) is 1. The van der Waals surface area contributed by atoms with E-state index in [1.54, 1.807) is 6.92 Å². The Morgan fingerprint density at radius 1 is 1.62 bits per heavy atom. The number of hydrogen-bond acceptors (Lipinski definition) is 2. The molecule has 1 rings (SSSR count). The van der Waals surface area contributed by atoms with Crippen molar-refractivity contribution in [2.45, 2.75) is 51.6 Å². The van der Waals surface area contributed by atoms with Gasteiger partial charge in [0.15, 0.2) is 0 Å². The molecule has 0 aliphatic carbocycles. The molecule has 1 aliphatic heterocycles. The molecule has 0 aromatic heterocycles. The van der Waals surface area contributed by atoms with Gasteiger partial charge < -0.3 is 10.6 Å². The number of piperidine rings is 1. The van der Waals surface area contributed by atoms with Crippen LogP contribution in [-0.2, 0) is 4.79 Å². The lowest BCUT2D eigenvalue weighted by Gasteiger charge is -2.36. The molecule has 0 spiro atoms. The van der Waals surface area contributed by atoms with Crippen molar-refractivity contribution in [1.29, 1.82) is 0 Å². The Balaban J connectivity index is 2.58. The largest absolute Gasteiger partial charge is 0.338 e. The van der Waals surface area contributed by atoms with E-state index >= 15 is 0 Å². The molecule has 1 aliphatic rings. The lowest BCUT2D eigenvalue weighted by atomic mass is 9.99. The maximum atomic E-state index is 11.7. The monoisotopic (exact) mass is 184 g/mol. The van der Waals surface area contributed by atoms with Crippen molar-refractivity contribution in [3.63, 3.8) is 0 Å². The zero-order chi connectivity index (χ0) is 9.84. The van der Waals surface area contributed by atoms with E-state index in [2.05, 4.69) is 6.92 Å². The molecule has 0 radical (unpaired) electrons. The van der Waals surface area contributed by atoms with Gasteiger partial charge in [-0.05, 0) is 32.6 Å². The Labute approximate surface area is 80.3 Å². The van der Waals surface area contributed by atoms with E-state index in [4.69, 9.17) is 5.73 Å². The van der Waals surface area contributed by atoms with Crippen LogP contribution in [0.3, 0.4) is 0 Å². The minimum absolute atomic E-state index is 0.117. The Morgan fingerprint density at radius 3 is 2.85 bits per heavy atom. The zero-order valence-corrected chi connectivity index (χ0v) is 8.62. The van der Waals surface area contributed by atoms with Crippen LogP contribution >= 0.6 is 0 Å². The number of nitrogens with two attached hydrogens (primary N) is 1. The van der Waals surface area contributed by atoms with Crippen LogP contribution < -0.4 is 5.73 Å². The second kappa shape index (κ2) is 4.61. The fourth-order valence-corrected chi connectivity index (χ4v) is 1.98. The summed E-state index contributed by atoms with van der Waals surface area (Å²) in [5, 5.41) is 0. The third kappa shape index (κ3) is 2.44. The van der Waals surface area contributed by atoms with Crippen molar-refractivity contribution in [3.8, 4) is 0 Å². The molecule has 76 valence electrons. The van der Waals surface area contributed by atoms with Crippen LogP contribution in [-0.4, -0.2) is 29.4 Å². The summed E-state index contributed by atoms with van der Waals surface area (Å²) >= 11 is 0. The van der Waals surface area contributed by atoms with E-state index < -0.39 is 0 Å². The van der Waals surface area contributed by atoms with E-state index in [0.29, 0.717) is 6.04 Å². The van der Waals surface area contributed by atoms with Crippen LogP contribution in [0.1, 0.15) is 39.5 Å². The van der Waals surface area contributed by atoms with Gasteiger partial charge in [-0.25, -0.2) is 0 Å². The number of hydrogen-bond donors (Lipinski definition) is 1. The van der Waals surface area contributed by atoms with Gasteiger partial charge >= 0.3 is 0 Å². The van der Waals surface area contributed by atoms with Gasteiger partial charge in [0.2, 0.25) is 5.91 Å². The summed E-state index contributed by atoms with van der Waals surface area (Å²) in [4.78, 5) is 13.6. The first kappa shape index (κ1) is 10.5. The molecule has 13 heavy (non-hydrogen) atoms. The van der Waals surface area contributed by atoms with Crippen molar-refractivity contribution < 1.29 is 4.79 Å². The zero-order valence-electron chi connectivity index (χ0n) is 8.62. The lowest BCUT2D eigenvalue weighted by molar-refractivity contribution is -0.135. The Hall–Kier alpha value is -0.570. The highest BCUT2D eigenvalue weighted by atomic mass is 16.2. The molecule has 0 aromatic rings. The number of carbonyl (C=O) groups excluding carboxylic acids is 1. The van der Waals surface area contributed by atoms with Crippen LogP contribution in [0.4, 0.5) is 0 Å². The van der Waals surface area contributed by atoms with Gasteiger partial charge in [-0.15, -0.1) is 0 Å². The molecule has 1 saturated heterocycles. The Morgan fingerprint density at radius 2 is 2.31 bits per heavy atom. The third-order valence-corrected chi connectivity index (χ3v) is 2.77. The maximum absolute atomic E-state index is 11.7. The average Bonchev–Trinajstić information content (AvgIpc) is 2.16. The molecule has 3 nitrogen and oxygen atoms in total. The van der Waals surface area contributed by atoms with E-state index in [1.165, 1.54) is 6.42 Å². The molecular formula is C10H20N2O. The van der Waals surface area contributed by atoms with Gasteiger partial charge in [-0.1, -0.05) is 6.92 Å². The summed E-state index contributed by atoms with van der Waals surface area (Å²) in [6.07, 6.45) is 4.59. The Kier molecular flexibility index (Phi) is 3.72. The minimum atomic E-state index is -0.341. The first-order chi connectivity index (χ1) is 6.16. The molecule has 2 N–H and O–H groups in total. The average molecular weight is 184 g/mol. The quantitative estimate of drug-likeness (QED) is 0.699. The van der Waals surface area contributed by atoms with Crippen LogP contribution in [0.2, 0.25) is 0 Å². The fraction of sp³-hybridized carbons (Fsp3) is 0.900. The van der Waals surface area contributed by atoms with E-state index in [-0.39, 0.29) is 11.9 Å². The summed E-state index contributed by atoms with van der Waals surface area (Å²) in [5.74, 6) is 0.117. The first-order valence-electron chi connectivity index (χ1n) is 5.23. The van der Waals surface area contributed by atoms with Crippen LogP contribution in [0, 0.1) is 0 Å². The van der Waals surface area contributed by atoms with Gasteiger partial charge in [0.05, 0.1) is 6.04 Å². The molecule has 0 saturated carbocycles. The van der Waals surface area contributed by atoms with Gasteiger partial charge in [0.25, 0.3) is 0 Å². The normalized spacial score (nSPS) is 25.8. The van der Waals surface area contributed by atoms with Crippen molar-refractivity contribution in [1.82, 2.24) is 4.90 Å². The standard InChI is InChI=1S/C10H20N2O/c1-3-9-6-4-5-7-12(9)10(13)8(2)11/h8-9H,3-7,11H2,1-2H3/t8-,9-/m0/s1. The molecule has 2 atom stereocenters. The molecule has 3 heteroatoms. The van der Waals surface area contributed by atoms with E-state index in [9.17, 15) is 4.79 Å². The highest BCUT2D eigenvalue weighted by Gasteiger charge is 2.26. The summed E-state index contributed by atoms with van der Waals surface area (Å²) in [6.45, 7) is 4.81. The lowest BCUT2D eigenvalue weighted by Crippen LogP contribution is -2.49. The minimum Gasteiger partial charge on any atom is -0.338 e. The van der Waals surface area contributed by atoms with Gasteiger partial charge in [0, 0.05) is 12.6 Å². The van der Waals surface area contributed by atoms with Crippen molar-refractivity contribution in [2.75, 3.05) is 6.54 Å². The molecule has 0 aromatic carbocycles. The summed E-state index contributed by atoms with van der Waals surface area (Å²) < 4.78 is 0. The molecule has 1 fully saturated rings. The van der Waals surface area contributed by atoms with Crippen molar-refractivity contribution >= 4 is 5.91 Å². The third-order valence-electron chi connectivity index (χ3n) is 2.77. The molecule has 1 heterocycles. The van der Waals surface area contributed by atoms with Crippen LogP contribution in [0.25, 0.3) is 0 Å². The van der Waals surface area contributed by atoms with Crippen molar-refractivity contribution in [3.05, 3.63) is 0 Å². The fourth-order valence-electron chi connectivity index (χ4n) is 1.98. The highest BCUT2D eigenvalue weighted by molar-refractivity contribution is 5.81. The van der Waals surface area contributed by atoms with Crippen LogP contribution in [0.5, 0.6) is 0 Å². The number of rotatable bonds is 2. The first-order valence-corrected chi connectivity index (χ1v) is 5.23. The SMILES string of the molecule is CC[C@H]1CCCCN1C(=O)[C@H](C)N. The maximum Gasteiger partial charge on any atom is 0.239 e. The predicted molar refractivity (Wildman–Crippen MR) is 53.3 cm³/mol. The van der Waals surface area contributed by atoms with Crippen LogP contribution in [0.15, 0.2) is 0 Å². The summed E-state index contributed by atoms with van der Waals surface area (Å²) in [5.41, 5.74) is 5.59. The second-order valence-electron chi connectivity index (χ2n) is 3.88. The second-order valence-corrected chi connectivity index (χ2v) is 3.88. The summed E-state index contributed by atoms with van der Waals surface area (Å²) in [6, 6.07) is 0.0967. The number of amides is 1.